The van der Waals surface area contributed by atoms with Gasteiger partial charge in [0.15, 0.2) is 0 Å². The Labute approximate surface area is 87.1 Å². The molecule has 1 aromatic carbocycles. The molecule has 78 valence electrons. The predicted octanol–water partition coefficient (Wildman–Crippen LogP) is 3.91. The molecule has 14 heavy (non-hydrogen) atoms. The summed E-state index contributed by atoms with van der Waals surface area (Å²) in [6.07, 6.45) is 1.60. The molecule has 0 bridgehead atoms. The fraction of sp³-hybridized carbons (Fsp3) is 0.417. The first kappa shape index (κ1) is 15.0. The van der Waals surface area contributed by atoms with Crippen LogP contribution >= 0.6 is 0 Å². The summed E-state index contributed by atoms with van der Waals surface area (Å²) in [4.78, 5) is 0. The molecule has 0 atom stereocenters. The molecule has 0 aliphatic rings. The molecule has 0 aliphatic heterocycles. The van der Waals surface area contributed by atoms with Gasteiger partial charge in [-0.15, -0.1) is 5.26 Å². The van der Waals surface area contributed by atoms with E-state index in [0.29, 0.717) is 5.75 Å². The van der Waals surface area contributed by atoms with E-state index in [1.165, 1.54) is 0 Å². The van der Waals surface area contributed by atoms with Crippen LogP contribution in [-0.4, -0.2) is 0 Å². The molecule has 1 rings (SSSR count). The van der Waals surface area contributed by atoms with Crippen LogP contribution in [0.5, 0.6) is 5.75 Å². The van der Waals surface area contributed by atoms with Crippen molar-refractivity contribution in [2.24, 2.45) is 0 Å². The second kappa shape index (κ2) is 11.5. The van der Waals surface area contributed by atoms with E-state index in [2.05, 4.69) is 4.74 Å². The highest BCUT2D eigenvalue weighted by molar-refractivity contribution is 5.26. The van der Waals surface area contributed by atoms with E-state index in [1.807, 2.05) is 46.8 Å². The zero-order valence-corrected chi connectivity index (χ0v) is 9.66. The number of nitrogens with zero attached hydrogens (tertiary/aromatic N) is 1. The molecule has 0 heterocycles. The molecular weight excluding hydrogens is 174 g/mol. The van der Waals surface area contributed by atoms with E-state index in [4.69, 9.17) is 5.26 Å². The summed E-state index contributed by atoms with van der Waals surface area (Å²) in [6.45, 7) is 9.98. The first-order valence-electron chi connectivity index (χ1n) is 4.95. The molecule has 2 nitrogen and oxygen atoms in total. The summed E-state index contributed by atoms with van der Waals surface area (Å²) in [5, 5.41) is 8.12. The van der Waals surface area contributed by atoms with Gasteiger partial charge in [-0.3, -0.25) is 0 Å². The Balaban J connectivity index is 0. The lowest BCUT2D eigenvalue weighted by molar-refractivity contribution is 0.507. The zero-order valence-electron chi connectivity index (χ0n) is 9.66. The fourth-order valence-electron chi connectivity index (χ4n) is 0.659. The molecule has 0 N–H and O–H groups in total. The van der Waals surface area contributed by atoms with Crippen LogP contribution in [0, 0.1) is 18.4 Å². The standard InChI is InChI=1S/C8H7NO.2C2H6/c1-7-2-4-8(5-3-7)10-6-9;2*1-2/h2-5H,1H3;2*1-2H3. The Kier molecular flexibility index (Phi) is 12.3. The lowest BCUT2D eigenvalue weighted by atomic mass is 10.2. The minimum absolute atomic E-state index is 0.591. The minimum atomic E-state index is 0.591. The molecule has 0 radical (unpaired) electrons. The van der Waals surface area contributed by atoms with Crippen LogP contribution in [-0.2, 0) is 0 Å². The number of hydrogen-bond acceptors (Lipinski definition) is 2. The number of hydrogen-bond donors (Lipinski definition) is 0. The van der Waals surface area contributed by atoms with E-state index in [-0.39, 0.29) is 0 Å². The average Bonchev–Trinajstić information content (AvgIpc) is 2.28. The van der Waals surface area contributed by atoms with Crippen molar-refractivity contribution < 1.29 is 4.74 Å². The van der Waals surface area contributed by atoms with Gasteiger partial charge in [-0.1, -0.05) is 45.4 Å². The van der Waals surface area contributed by atoms with Crippen molar-refractivity contribution in [2.75, 3.05) is 0 Å². The van der Waals surface area contributed by atoms with Gasteiger partial charge in [0.1, 0.15) is 5.75 Å². The summed E-state index contributed by atoms with van der Waals surface area (Å²) in [5.41, 5.74) is 1.16. The van der Waals surface area contributed by atoms with E-state index < -0.39 is 0 Å². The molecule has 1 aromatic rings. The summed E-state index contributed by atoms with van der Waals surface area (Å²) in [5.74, 6) is 0.591. The van der Waals surface area contributed by atoms with Crippen molar-refractivity contribution in [3.8, 4) is 12.0 Å². The third-order valence-electron chi connectivity index (χ3n) is 1.18. The summed E-state index contributed by atoms with van der Waals surface area (Å²) in [6, 6.07) is 7.32. The molecule has 0 aliphatic carbocycles. The van der Waals surface area contributed by atoms with Gasteiger partial charge in [0, 0.05) is 0 Å². The maximum absolute atomic E-state index is 8.12. The quantitative estimate of drug-likeness (QED) is 0.633. The van der Waals surface area contributed by atoms with Gasteiger partial charge < -0.3 is 4.74 Å². The molecular formula is C12H19NO. The summed E-state index contributed by atoms with van der Waals surface area (Å²) >= 11 is 0. The van der Waals surface area contributed by atoms with Gasteiger partial charge in [0.25, 0.3) is 6.26 Å². The van der Waals surface area contributed by atoms with Crippen molar-refractivity contribution in [2.45, 2.75) is 34.6 Å². The van der Waals surface area contributed by atoms with Crippen LogP contribution < -0.4 is 4.74 Å². The molecule has 0 aromatic heterocycles. The van der Waals surface area contributed by atoms with Crippen molar-refractivity contribution >= 4 is 0 Å². The zero-order chi connectivity index (χ0) is 11.4. The average molecular weight is 193 g/mol. The molecule has 0 amide bonds. The van der Waals surface area contributed by atoms with Crippen molar-refractivity contribution in [3.05, 3.63) is 29.8 Å². The van der Waals surface area contributed by atoms with Crippen LogP contribution in [0.1, 0.15) is 33.3 Å². The summed E-state index contributed by atoms with van der Waals surface area (Å²) in [7, 11) is 0. The SMILES string of the molecule is CC.CC.Cc1ccc(OC#N)cc1. The van der Waals surface area contributed by atoms with Crippen LogP contribution in [0.15, 0.2) is 24.3 Å². The van der Waals surface area contributed by atoms with Crippen LogP contribution in [0.2, 0.25) is 0 Å². The van der Waals surface area contributed by atoms with Crippen LogP contribution in [0.3, 0.4) is 0 Å². The highest BCUT2D eigenvalue weighted by Gasteiger charge is 1.88. The highest BCUT2D eigenvalue weighted by Crippen LogP contribution is 2.10. The molecule has 0 saturated heterocycles. The van der Waals surface area contributed by atoms with E-state index in [9.17, 15) is 0 Å². The third-order valence-corrected chi connectivity index (χ3v) is 1.18. The minimum Gasteiger partial charge on any atom is -0.388 e. The second-order valence-electron chi connectivity index (χ2n) is 2.01. The Morgan fingerprint density at radius 2 is 1.43 bits per heavy atom. The lowest BCUT2D eigenvalue weighted by Gasteiger charge is -1.94. The topological polar surface area (TPSA) is 33.0 Å². The van der Waals surface area contributed by atoms with Gasteiger partial charge in [0.2, 0.25) is 0 Å². The molecule has 0 unspecified atom stereocenters. The van der Waals surface area contributed by atoms with Gasteiger partial charge in [0.05, 0.1) is 0 Å². The highest BCUT2D eigenvalue weighted by atomic mass is 16.5. The van der Waals surface area contributed by atoms with Crippen molar-refractivity contribution in [1.82, 2.24) is 0 Å². The maximum Gasteiger partial charge on any atom is 0.292 e. The second-order valence-corrected chi connectivity index (χ2v) is 2.01. The Morgan fingerprint density at radius 3 is 1.79 bits per heavy atom. The number of ether oxygens (including phenoxy) is 1. The van der Waals surface area contributed by atoms with Crippen molar-refractivity contribution in [3.63, 3.8) is 0 Å². The summed E-state index contributed by atoms with van der Waals surface area (Å²) < 4.78 is 4.57. The molecule has 2 heteroatoms. The van der Waals surface area contributed by atoms with Gasteiger partial charge >= 0.3 is 0 Å². The normalized spacial score (nSPS) is 6.86. The maximum atomic E-state index is 8.12. The smallest absolute Gasteiger partial charge is 0.292 e. The van der Waals surface area contributed by atoms with Crippen LogP contribution in [0.25, 0.3) is 0 Å². The van der Waals surface area contributed by atoms with E-state index in [1.54, 1.807) is 18.4 Å². The number of aryl methyl sites for hydroxylation is 1. The first-order chi connectivity index (χ1) is 6.83. The molecule has 0 saturated carbocycles. The van der Waals surface area contributed by atoms with Crippen LogP contribution in [0.4, 0.5) is 0 Å². The van der Waals surface area contributed by atoms with Crippen molar-refractivity contribution in [1.29, 1.82) is 5.26 Å². The number of rotatable bonds is 1. The Bertz CT molecular complexity index is 246. The monoisotopic (exact) mass is 193 g/mol. The van der Waals surface area contributed by atoms with Gasteiger partial charge in [-0.05, 0) is 19.1 Å². The number of benzene rings is 1. The lowest BCUT2D eigenvalue weighted by Crippen LogP contribution is -1.80. The number of nitriles is 1. The first-order valence-corrected chi connectivity index (χ1v) is 4.95. The molecule has 0 spiro atoms. The third kappa shape index (κ3) is 7.17. The van der Waals surface area contributed by atoms with E-state index in [0.717, 1.165) is 5.56 Å². The Morgan fingerprint density at radius 1 is 1.00 bits per heavy atom. The molecule has 0 fully saturated rings. The largest absolute Gasteiger partial charge is 0.388 e. The fourth-order valence-corrected chi connectivity index (χ4v) is 0.659. The van der Waals surface area contributed by atoms with E-state index >= 15 is 0 Å². The van der Waals surface area contributed by atoms with Gasteiger partial charge in [-0.25, -0.2) is 0 Å². The predicted molar refractivity (Wildman–Crippen MR) is 60.1 cm³/mol. The Hall–Kier alpha value is -1.49. The van der Waals surface area contributed by atoms with Gasteiger partial charge in [-0.2, -0.15) is 0 Å².